The molecule has 0 aliphatic carbocycles. The molecule has 1 aromatic heterocycles. The summed E-state index contributed by atoms with van der Waals surface area (Å²) in [7, 11) is -2.00. The number of sulfone groups is 1. The molecule has 11 heteroatoms. The SMILES string of the molecule is Cn1cc(CNC(=O)Nc2ccc3c(c2)S(=O)(=O)CC3)c(C(F)(F)F)n1. The predicted molar refractivity (Wildman–Crippen MR) is 86.3 cm³/mol. The van der Waals surface area contributed by atoms with Crippen LogP contribution in [0.5, 0.6) is 0 Å². The second-order valence-electron chi connectivity index (χ2n) is 5.87. The molecule has 2 heterocycles. The lowest BCUT2D eigenvalue weighted by atomic mass is 10.1. The molecule has 140 valence electrons. The van der Waals surface area contributed by atoms with E-state index in [1.54, 1.807) is 12.1 Å². The van der Waals surface area contributed by atoms with Crippen LogP contribution >= 0.6 is 0 Å². The summed E-state index contributed by atoms with van der Waals surface area (Å²) in [5.74, 6) is 0.0270. The first-order valence-corrected chi connectivity index (χ1v) is 9.22. The van der Waals surface area contributed by atoms with Gasteiger partial charge >= 0.3 is 12.2 Å². The second-order valence-corrected chi connectivity index (χ2v) is 7.95. The minimum atomic E-state index is -4.62. The van der Waals surface area contributed by atoms with Crippen molar-refractivity contribution in [2.45, 2.75) is 24.0 Å². The number of rotatable bonds is 3. The molecule has 3 rings (SSSR count). The van der Waals surface area contributed by atoms with Crippen molar-refractivity contribution in [3.05, 3.63) is 41.2 Å². The summed E-state index contributed by atoms with van der Waals surface area (Å²) in [4.78, 5) is 12.1. The van der Waals surface area contributed by atoms with E-state index >= 15 is 0 Å². The average molecular weight is 388 g/mol. The topological polar surface area (TPSA) is 93.1 Å². The molecule has 0 fully saturated rings. The van der Waals surface area contributed by atoms with Gasteiger partial charge in [0.2, 0.25) is 0 Å². The highest BCUT2D eigenvalue weighted by Crippen LogP contribution is 2.31. The van der Waals surface area contributed by atoms with Crippen LogP contribution in [0.2, 0.25) is 0 Å². The number of aromatic nitrogens is 2. The molecule has 0 saturated carbocycles. The molecule has 0 bridgehead atoms. The Morgan fingerprint density at radius 3 is 2.77 bits per heavy atom. The number of carbonyl (C=O) groups is 1. The van der Waals surface area contributed by atoms with E-state index in [9.17, 15) is 26.4 Å². The van der Waals surface area contributed by atoms with Crippen LogP contribution in [0.3, 0.4) is 0 Å². The first kappa shape index (κ1) is 18.2. The number of urea groups is 1. The summed E-state index contributed by atoms with van der Waals surface area (Å²) in [6, 6.07) is 3.75. The van der Waals surface area contributed by atoms with E-state index in [0.717, 1.165) is 4.68 Å². The molecule has 1 aromatic carbocycles. The summed E-state index contributed by atoms with van der Waals surface area (Å²) >= 11 is 0. The van der Waals surface area contributed by atoms with Crippen molar-refractivity contribution in [1.29, 1.82) is 0 Å². The number of nitrogens with one attached hydrogen (secondary N) is 2. The summed E-state index contributed by atoms with van der Waals surface area (Å²) in [5.41, 5.74) is -0.314. The van der Waals surface area contributed by atoms with Gasteiger partial charge in [0, 0.05) is 31.0 Å². The van der Waals surface area contributed by atoms with E-state index in [4.69, 9.17) is 0 Å². The first-order chi connectivity index (χ1) is 12.1. The zero-order valence-electron chi connectivity index (χ0n) is 13.6. The third-order valence-corrected chi connectivity index (χ3v) is 5.70. The van der Waals surface area contributed by atoms with Crippen molar-refractivity contribution in [3.8, 4) is 0 Å². The van der Waals surface area contributed by atoms with Gasteiger partial charge in [-0.25, -0.2) is 13.2 Å². The molecular formula is C15H15F3N4O3S. The van der Waals surface area contributed by atoms with Crippen molar-refractivity contribution < 1.29 is 26.4 Å². The zero-order valence-corrected chi connectivity index (χ0v) is 14.4. The number of alkyl halides is 3. The van der Waals surface area contributed by atoms with Crippen molar-refractivity contribution in [1.82, 2.24) is 15.1 Å². The monoisotopic (exact) mass is 388 g/mol. The van der Waals surface area contributed by atoms with E-state index < -0.39 is 27.7 Å². The molecule has 0 spiro atoms. The fraction of sp³-hybridized carbons (Fsp3) is 0.333. The maximum atomic E-state index is 12.9. The number of fused-ring (bicyclic) bond motifs is 1. The van der Waals surface area contributed by atoms with Crippen molar-refractivity contribution in [2.24, 2.45) is 7.05 Å². The normalized spacial score (nSPS) is 15.5. The van der Waals surface area contributed by atoms with E-state index in [0.29, 0.717) is 12.0 Å². The lowest BCUT2D eigenvalue weighted by Gasteiger charge is -2.10. The minimum absolute atomic E-state index is 0.0270. The number of halogens is 3. The molecule has 2 aromatic rings. The fourth-order valence-electron chi connectivity index (χ4n) is 2.74. The van der Waals surface area contributed by atoms with Crippen molar-refractivity contribution in [2.75, 3.05) is 11.1 Å². The van der Waals surface area contributed by atoms with E-state index in [1.807, 2.05) is 0 Å². The molecule has 1 aliphatic rings. The Bertz CT molecular complexity index is 967. The van der Waals surface area contributed by atoms with E-state index in [-0.39, 0.29) is 28.4 Å². The molecule has 2 N–H and O–H groups in total. The van der Waals surface area contributed by atoms with Crippen molar-refractivity contribution >= 4 is 21.6 Å². The van der Waals surface area contributed by atoms with Crippen molar-refractivity contribution in [3.63, 3.8) is 0 Å². The number of nitrogens with zero attached hydrogens (tertiary/aromatic N) is 2. The highest BCUT2D eigenvalue weighted by Gasteiger charge is 2.36. The summed E-state index contributed by atoms with van der Waals surface area (Å²) in [6.45, 7) is -0.377. The highest BCUT2D eigenvalue weighted by atomic mass is 32.2. The largest absolute Gasteiger partial charge is 0.435 e. The van der Waals surface area contributed by atoms with E-state index in [1.165, 1.54) is 19.3 Å². The van der Waals surface area contributed by atoms with Crippen LogP contribution in [0, 0.1) is 0 Å². The standard InChI is InChI=1S/C15H15F3N4O3S/c1-22-8-10(13(21-22)15(16,17)18)7-19-14(23)20-11-3-2-9-4-5-26(24,25)12(9)6-11/h2-3,6,8H,4-5,7H2,1H3,(H2,19,20,23). The number of aryl methyl sites for hydroxylation is 2. The molecule has 2 amide bonds. The third-order valence-electron chi connectivity index (χ3n) is 3.91. The molecule has 7 nitrogen and oxygen atoms in total. The second kappa shape index (κ2) is 6.31. The Hall–Kier alpha value is -2.56. The Balaban J connectivity index is 1.68. The van der Waals surface area contributed by atoms with Gasteiger partial charge in [0.05, 0.1) is 10.6 Å². The van der Waals surface area contributed by atoms with Gasteiger partial charge in [-0.15, -0.1) is 0 Å². The van der Waals surface area contributed by atoms with Gasteiger partial charge < -0.3 is 10.6 Å². The van der Waals surface area contributed by atoms with Crippen LogP contribution in [0.1, 0.15) is 16.8 Å². The number of carbonyl (C=O) groups excluding carboxylic acids is 1. The Labute approximate surface area is 147 Å². The van der Waals surface area contributed by atoms with Crippen LogP contribution < -0.4 is 10.6 Å². The number of amides is 2. The van der Waals surface area contributed by atoms with Crippen LogP contribution in [-0.2, 0) is 36.0 Å². The van der Waals surface area contributed by atoms with Crippen LogP contribution in [0.15, 0.2) is 29.3 Å². The number of benzene rings is 1. The number of hydrogen-bond acceptors (Lipinski definition) is 4. The van der Waals surface area contributed by atoms with Gasteiger partial charge in [0.1, 0.15) is 0 Å². The van der Waals surface area contributed by atoms with Crippen LogP contribution in [0.25, 0.3) is 0 Å². The molecule has 1 aliphatic heterocycles. The smallest absolute Gasteiger partial charge is 0.334 e. The highest BCUT2D eigenvalue weighted by molar-refractivity contribution is 7.91. The van der Waals surface area contributed by atoms with Gasteiger partial charge in [-0.2, -0.15) is 18.3 Å². The molecule has 0 saturated heterocycles. The van der Waals surface area contributed by atoms with Crippen LogP contribution in [0.4, 0.5) is 23.7 Å². The Morgan fingerprint density at radius 2 is 2.08 bits per heavy atom. The van der Waals surface area contributed by atoms with E-state index in [2.05, 4.69) is 15.7 Å². The predicted octanol–water partition coefficient (Wildman–Crippen LogP) is 2.09. The van der Waals surface area contributed by atoms with Gasteiger partial charge in [-0.05, 0) is 24.1 Å². The minimum Gasteiger partial charge on any atom is -0.334 e. The molecular weight excluding hydrogens is 373 g/mol. The zero-order chi connectivity index (χ0) is 19.1. The fourth-order valence-corrected chi connectivity index (χ4v) is 4.32. The Kier molecular flexibility index (Phi) is 4.42. The summed E-state index contributed by atoms with van der Waals surface area (Å²) in [6.07, 6.45) is -3.03. The third kappa shape index (κ3) is 3.66. The summed E-state index contributed by atoms with van der Waals surface area (Å²) < 4.78 is 63.4. The number of anilines is 1. The lowest BCUT2D eigenvalue weighted by molar-refractivity contribution is -0.142. The van der Waals surface area contributed by atoms with Gasteiger partial charge in [-0.3, -0.25) is 4.68 Å². The summed E-state index contributed by atoms with van der Waals surface area (Å²) in [5, 5.41) is 8.08. The van der Waals surface area contributed by atoms with Crippen LogP contribution in [-0.4, -0.2) is 30.0 Å². The maximum absolute atomic E-state index is 12.9. The quantitative estimate of drug-likeness (QED) is 0.842. The van der Waals surface area contributed by atoms with Gasteiger partial charge in [0.25, 0.3) is 0 Å². The molecule has 0 unspecified atom stereocenters. The lowest BCUT2D eigenvalue weighted by Crippen LogP contribution is -2.29. The number of hydrogen-bond donors (Lipinski definition) is 2. The average Bonchev–Trinajstić information content (AvgIpc) is 3.06. The van der Waals surface area contributed by atoms with Gasteiger partial charge in [-0.1, -0.05) is 6.07 Å². The maximum Gasteiger partial charge on any atom is 0.435 e. The van der Waals surface area contributed by atoms with Gasteiger partial charge in [0.15, 0.2) is 15.5 Å². The molecule has 0 atom stereocenters. The Morgan fingerprint density at radius 1 is 1.35 bits per heavy atom. The molecule has 0 radical (unpaired) electrons. The molecule has 26 heavy (non-hydrogen) atoms. The first-order valence-electron chi connectivity index (χ1n) is 7.56.